The van der Waals surface area contributed by atoms with Crippen LogP contribution in [0.3, 0.4) is 0 Å². The summed E-state index contributed by atoms with van der Waals surface area (Å²) in [6.07, 6.45) is 19.1. The van der Waals surface area contributed by atoms with E-state index in [1.807, 2.05) is 0 Å². The van der Waals surface area contributed by atoms with Crippen molar-refractivity contribution in [1.29, 1.82) is 0 Å². The van der Waals surface area contributed by atoms with E-state index in [0.29, 0.717) is 11.8 Å². The molecule has 9 rings (SSSR count). The van der Waals surface area contributed by atoms with E-state index in [4.69, 9.17) is 0 Å². The Bertz CT molecular complexity index is 2200. The van der Waals surface area contributed by atoms with Gasteiger partial charge in [-0.05, 0) is 107 Å². The van der Waals surface area contributed by atoms with Crippen molar-refractivity contribution in [3.63, 3.8) is 0 Å². The van der Waals surface area contributed by atoms with Crippen LogP contribution >= 0.6 is 0 Å². The third-order valence-corrected chi connectivity index (χ3v) is 10.4. The van der Waals surface area contributed by atoms with Crippen molar-refractivity contribution in [3.05, 3.63) is 154 Å². The molecule has 4 aliphatic carbocycles. The second-order valence-corrected chi connectivity index (χ2v) is 14.1. The molecule has 0 heteroatoms. The molecule has 4 aliphatic rings. The van der Waals surface area contributed by atoms with Gasteiger partial charge >= 0.3 is 0 Å². The van der Waals surface area contributed by atoms with E-state index in [-0.39, 0.29) is 5.41 Å². The van der Waals surface area contributed by atoms with Gasteiger partial charge in [-0.15, -0.1) is 0 Å². The first-order chi connectivity index (χ1) is 21.4. The van der Waals surface area contributed by atoms with Gasteiger partial charge in [-0.25, -0.2) is 0 Å². The lowest BCUT2D eigenvalue weighted by atomic mass is 9.65. The van der Waals surface area contributed by atoms with Gasteiger partial charge in [0, 0.05) is 11.8 Å². The van der Waals surface area contributed by atoms with Crippen LogP contribution in [0.4, 0.5) is 0 Å². The highest BCUT2D eigenvalue weighted by atomic mass is 14.4. The molecule has 0 aliphatic heterocycles. The van der Waals surface area contributed by atoms with Crippen molar-refractivity contribution in [3.8, 4) is 11.1 Å². The molecule has 0 heterocycles. The first-order valence-corrected chi connectivity index (χ1v) is 16.1. The van der Waals surface area contributed by atoms with Crippen LogP contribution in [-0.4, -0.2) is 0 Å². The maximum atomic E-state index is 2.52. The number of aryl methyl sites for hydroxylation is 1. The number of benzene rings is 5. The van der Waals surface area contributed by atoms with Crippen LogP contribution in [-0.2, 0) is 6.42 Å². The number of fused-ring (bicyclic) bond motifs is 4. The Balaban J connectivity index is 1.07. The van der Waals surface area contributed by atoms with Crippen LogP contribution < -0.4 is 0 Å². The summed E-state index contributed by atoms with van der Waals surface area (Å²) in [7, 11) is 0. The third kappa shape index (κ3) is 3.97. The molecule has 212 valence electrons. The summed E-state index contributed by atoms with van der Waals surface area (Å²) in [5.41, 5.74) is 15.6. The predicted molar refractivity (Wildman–Crippen MR) is 189 cm³/mol. The SMILES string of the molecule is CC(C)(C)C1=CC2C=Cc3ccc(-c4ccc5c(c4)CCC(c4ccc6c(ccc7ccccc76)c4)=C5)c4c3C2C(=C1)C=C4. The molecule has 5 aromatic carbocycles. The first-order valence-electron chi connectivity index (χ1n) is 16.1. The van der Waals surface area contributed by atoms with E-state index in [1.54, 1.807) is 0 Å². The fourth-order valence-electron chi connectivity index (χ4n) is 8.06. The minimum Gasteiger partial charge on any atom is -0.0760 e. The predicted octanol–water partition coefficient (Wildman–Crippen LogP) is 11.8. The van der Waals surface area contributed by atoms with Crippen LogP contribution in [0.25, 0.3) is 56.5 Å². The van der Waals surface area contributed by atoms with Crippen LogP contribution in [0, 0.1) is 11.3 Å². The molecule has 0 radical (unpaired) electrons. The molecule has 5 aromatic rings. The Morgan fingerprint density at radius 1 is 0.659 bits per heavy atom. The van der Waals surface area contributed by atoms with Crippen molar-refractivity contribution in [1.82, 2.24) is 0 Å². The van der Waals surface area contributed by atoms with Gasteiger partial charge in [-0.3, -0.25) is 0 Å². The van der Waals surface area contributed by atoms with Crippen LogP contribution in [0.2, 0.25) is 0 Å². The zero-order valence-electron chi connectivity index (χ0n) is 25.7. The largest absolute Gasteiger partial charge is 0.0760 e. The lowest BCUT2D eigenvalue weighted by Gasteiger charge is -2.39. The summed E-state index contributed by atoms with van der Waals surface area (Å²) in [4.78, 5) is 0. The summed E-state index contributed by atoms with van der Waals surface area (Å²) in [5.74, 6) is 0.848. The number of allylic oxidation sites excluding steroid dienone is 7. The Kier molecular flexibility index (Phi) is 5.51. The molecule has 0 bridgehead atoms. The molecular weight excluding hydrogens is 528 g/mol. The van der Waals surface area contributed by atoms with Crippen molar-refractivity contribution < 1.29 is 0 Å². The maximum Gasteiger partial charge on any atom is 0.0199 e. The zero-order valence-corrected chi connectivity index (χ0v) is 25.7. The minimum absolute atomic E-state index is 0.155. The van der Waals surface area contributed by atoms with E-state index >= 15 is 0 Å². The molecule has 0 saturated carbocycles. The molecule has 44 heavy (non-hydrogen) atoms. The van der Waals surface area contributed by atoms with Gasteiger partial charge in [0.25, 0.3) is 0 Å². The smallest absolute Gasteiger partial charge is 0.0199 e. The molecular formula is C44H36. The standard InChI is InChI=1S/C44H36/c1-44(2,3)37-25-35-15-9-28-16-19-40(41-21-18-36(26-37)42(35)43(28)41)34-14-12-30-22-29(10-11-31(30)23-34)32-17-20-39-33(24-32)13-8-27-6-4-5-7-38(27)39/h4-9,12-26,35,42H,10-11H2,1-3H3. The fourth-order valence-corrected chi connectivity index (χ4v) is 8.06. The van der Waals surface area contributed by atoms with Gasteiger partial charge in [0.2, 0.25) is 0 Å². The molecule has 2 atom stereocenters. The Hall–Kier alpha value is -4.68. The average molecular weight is 565 g/mol. The maximum absolute atomic E-state index is 2.52. The third-order valence-electron chi connectivity index (χ3n) is 10.4. The normalized spacial score (nSPS) is 19.8. The molecule has 2 unspecified atom stereocenters. The topological polar surface area (TPSA) is 0 Å². The second kappa shape index (κ2) is 9.41. The summed E-state index contributed by atoms with van der Waals surface area (Å²) >= 11 is 0. The summed E-state index contributed by atoms with van der Waals surface area (Å²) < 4.78 is 0. The monoisotopic (exact) mass is 564 g/mol. The molecule has 0 saturated heterocycles. The fraction of sp³-hybridized carbons (Fsp3) is 0.182. The zero-order chi connectivity index (χ0) is 29.6. The van der Waals surface area contributed by atoms with Crippen LogP contribution in [0.15, 0.2) is 120 Å². The molecule has 0 fully saturated rings. The summed E-state index contributed by atoms with van der Waals surface area (Å²) in [6.45, 7) is 6.97. The highest BCUT2D eigenvalue weighted by Crippen LogP contribution is 2.51. The van der Waals surface area contributed by atoms with E-state index in [1.165, 1.54) is 82.8 Å². The number of hydrogen-bond acceptors (Lipinski definition) is 0. The van der Waals surface area contributed by atoms with Gasteiger partial charge in [-0.1, -0.05) is 142 Å². The van der Waals surface area contributed by atoms with E-state index < -0.39 is 0 Å². The summed E-state index contributed by atoms with van der Waals surface area (Å²) in [5, 5.41) is 5.28. The lowest BCUT2D eigenvalue weighted by Crippen LogP contribution is -2.24. The van der Waals surface area contributed by atoms with E-state index in [0.717, 1.165) is 12.8 Å². The van der Waals surface area contributed by atoms with Gasteiger partial charge in [-0.2, -0.15) is 0 Å². The molecule has 0 aromatic heterocycles. The van der Waals surface area contributed by atoms with Crippen LogP contribution in [0.5, 0.6) is 0 Å². The highest BCUT2D eigenvalue weighted by molar-refractivity contribution is 6.08. The Labute approximate surface area is 260 Å². The van der Waals surface area contributed by atoms with Crippen molar-refractivity contribution in [2.24, 2.45) is 11.3 Å². The van der Waals surface area contributed by atoms with Gasteiger partial charge in [0.05, 0.1) is 0 Å². The molecule has 0 amide bonds. The Morgan fingerprint density at radius 3 is 2.39 bits per heavy atom. The summed E-state index contributed by atoms with van der Waals surface area (Å²) in [6, 6.07) is 32.1. The number of rotatable bonds is 2. The van der Waals surface area contributed by atoms with Gasteiger partial charge in [0.1, 0.15) is 0 Å². The van der Waals surface area contributed by atoms with Crippen molar-refractivity contribution in [2.45, 2.75) is 39.5 Å². The Morgan fingerprint density at radius 2 is 1.48 bits per heavy atom. The van der Waals surface area contributed by atoms with E-state index in [9.17, 15) is 0 Å². The quantitative estimate of drug-likeness (QED) is 0.187. The number of hydrogen-bond donors (Lipinski definition) is 0. The van der Waals surface area contributed by atoms with Gasteiger partial charge in [0.15, 0.2) is 0 Å². The average Bonchev–Trinajstić information content (AvgIpc) is 3.05. The van der Waals surface area contributed by atoms with Crippen LogP contribution in [0.1, 0.15) is 66.5 Å². The van der Waals surface area contributed by atoms with Gasteiger partial charge < -0.3 is 0 Å². The van der Waals surface area contributed by atoms with E-state index in [2.05, 4.69) is 148 Å². The van der Waals surface area contributed by atoms with Crippen molar-refractivity contribution in [2.75, 3.05) is 0 Å². The highest BCUT2D eigenvalue weighted by Gasteiger charge is 2.36. The second-order valence-electron chi connectivity index (χ2n) is 14.1. The lowest BCUT2D eigenvalue weighted by molar-refractivity contribution is 0.499. The molecule has 0 spiro atoms. The molecule has 0 nitrogen and oxygen atoms in total. The van der Waals surface area contributed by atoms with Crippen molar-refractivity contribution >= 4 is 45.3 Å². The minimum atomic E-state index is 0.155. The molecule has 0 N–H and O–H groups in total. The first kappa shape index (κ1) is 25.8.